The molecular weight excluding hydrogens is 424 g/mol. The number of carbonyl (C=O) groups excluding carboxylic acids is 1. The minimum Gasteiger partial charge on any atom is -0.345 e. The van der Waals surface area contributed by atoms with Crippen molar-refractivity contribution in [2.24, 2.45) is 0 Å². The minimum atomic E-state index is -3.32. The molecule has 0 radical (unpaired) electrons. The van der Waals surface area contributed by atoms with E-state index in [-0.39, 0.29) is 29.2 Å². The first-order valence-electron chi connectivity index (χ1n) is 10.9. The van der Waals surface area contributed by atoms with E-state index in [4.69, 9.17) is 10.1 Å². The van der Waals surface area contributed by atoms with Gasteiger partial charge < -0.3 is 5.32 Å². The lowest BCUT2D eigenvalue weighted by Gasteiger charge is -2.26. The van der Waals surface area contributed by atoms with Crippen LogP contribution in [0.3, 0.4) is 0 Å². The number of aryl methyl sites for hydroxylation is 1. The molecule has 0 fully saturated rings. The van der Waals surface area contributed by atoms with E-state index >= 15 is 0 Å². The maximum absolute atomic E-state index is 13.6. The van der Waals surface area contributed by atoms with Crippen molar-refractivity contribution in [1.82, 2.24) is 20.1 Å². The summed E-state index contributed by atoms with van der Waals surface area (Å²) in [5.41, 5.74) is 3.13. The van der Waals surface area contributed by atoms with Crippen LogP contribution >= 0.6 is 0 Å². The molecule has 3 heterocycles. The van der Waals surface area contributed by atoms with Crippen LogP contribution in [0.25, 0.3) is 11.0 Å². The SMILES string of the molecule is Cc1nn(C(C)(C)C)c2nc(C(C)C)cc(C(=O)NC3CCS(=O)(=O)c4ccccc43)c12. The van der Waals surface area contributed by atoms with Gasteiger partial charge in [-0.25, -0.2) is 18.1 Å². The quantitative estimate of drug-likeness (QED) is 0.638. The molecule has 1 aliphatic heterocycles. The molecule has 1 N–H and O–H groups in total. The first kappa shape index (κ1) is 22.5. The van der Waals surface area contributed by atoms with Gasteiger partial charge in [0, 0.05) is 5.69 Å². The lowest BCUT2D eigenvalue weighted by atomic mass is 10.0. The van der Waals surface area contributed by atoms with Gasteiger partial charge in [-0.1, -0.05) is 32.0 Å². The maximum Gasteiger partial charge on any atom is 0.252 e. The van der Waals surface area contributed by atoms with Crippen LogP contribution in [0.15, 0.2) is 35.2 Å². The number of nitrogens with zero attached hydrogens (tertiary/aromatic N) is 3. The summed E-state index contributed by atoms with van der Waals surface area (Å²) >= 11 is 0. The second-order valence-electron chi connectivity index (χ2n) is 9.79. The fraction of sp³-hybridized carbons (Fsp3) is 0.458. The molecule has 8 heteroatoms. The highest BCUT2D eigenvalue weighted by molar-refractivity contribution is 7.91. The largest absolute Gasteiger partial charge is 0.345 e. The van der Waals surface area contributed by atoms with E-state index in [0.29, 0.717) is 28.1 Å². The highest BCUT2D eigenvalue weighted by Crippen LogP contribution is 2.33. The van der Waals surface area contributed by atoms with Gasteiger partial charge in [0.05, 0.1) is 38.9 Å². The zero-order chi connectivity index (χ0) is 23.4. The summed E-state index contributed by atoms with van der Waals surface area (Å²) < 4.78 is 26.8. The second kappa shape index (κ2) is 7.69. The molecule has 7 nitrogen and oxygen atoms in total. The van der Waals surface area contributed by atoms with Crippen LogP contribution in [0.2, 0.25) is 0 Å². The molecule has 1 unspecified atom stereocenters. The summed E-state index contributed by atoms with van der Waals surface area (Å²) in [6.45, 7) is 12.2. The Bertz CT molecular complexity index is 1320. The van der Waals surface area contributed by atoms with Crippen LogP contribution < -0.4 is 5.32 Å². The number of benzene rings is 1. The fourth-order valence-electron chi connectivity index (χ4n) is 4.23. The molecule has 32 heavy (non-hydrogen) atoms. The number of sulfone groups is 1. The molecule has 170 valence electrons. The maximum atomic E-state index is 13.6. The Balaban J connectivity index is 1.82. The smallest absolute Gasteiger partial charge is 0.252 e. The zero-order valence-electron chi connectivity index (χ0n) is 19.4. The number of rotatable bonds is 3. The second-order valence-corrected chi connectivity index (χ2v) is 11.9. The molecule has 0 aliphatic carbocycles. The number of aromatic nitrogens is 3. The number of amides is 1. The molecule has 3 aromatic rings. The Kier molecular flexibility index (Phi) is 5.40. The first-order chi connectivity index (χ1) is 14.9. The minimum absolute atomic E-state index is 0.0128. The molecule has 0 saturated heterocycles. The van der Waals surface area contributed by atoms with E-state index in [0.717, 1.165) is 16.8 Å². The summed E-state index contributed by atoms with van der Waals surface area (Å²) in [5.74, 6) is -0.0936. The molecule has 1 amide bonds. The topological polar surface area (TPSA) is 93.9 Å². The monoisotopic (exact) mass is 454 g/mol. The van der Waals surface area contributed by atoms with Crippen molar-refractivity contribution in [3.05, 3.63) is 52.8 Å². The van der Waals surface area contributed by atoms with E-state index in [1.54, 1.807) is 24.3 Å². The van der Waals surface area contributed by atoms with Crippen molar-refractivity contribution in [3.63, 3.8) is 0 Å². The first-order valence-corrected chi connectivity index (χ1v) is 12.6. The Morgan fingerprint density at radius 1 is 1.22 bits per heavy atom. The molecule has 4 rings (SSSR count). The van der Waals surface area contributed by atoms with Gasteiger partial charge in [-0.15, -0.1) is 0 Å². The third kappa shape index (κ3) is 3.81. The third-order valence-corrected chi connectivity index (χ3v) is 7.73. The highest BCUT2D eigenvalue weighted by atomic mass is 32.2. The average molecular weight is 455 g/mol. The molecule has 0 spiro atoms. The standard InChI is InChI=1S/C24H30N4O3S/c1-14(2)19-13-17(21-15(3)27-28(22(21)25-19)24(4,5)6)23(29)26-18-11-12-32(30,31)20-10-8-7-9-16(18)20/h7-10,13-14,18H,11-12H2,1-6H3,(H,26,29). The Morgan fingerprint density at radius 3 is 2.56 bits per heavy atom. The van der Waals surface area contributed by atoms with E-state index < -0.39 is 9.84 Å². The van der Waals surface area contributed by atoms with Crippen LogP contribution in [-0.4, -0.2) is 34.8 Å². The summed E-state index contributed by atoms with van der Waals surface area (Å²) in [5, 5.41) is 8.53. The van der Waals surface area contributed by atoms with Crippen molar-refractivity contribution in [3.8, 4) is 0 Å². The van der Waals surface area contributed by atoms with Gasteiger partial charge in [-0.3, -0.25) is 4.79 Å². The number of carbonyl (C=O) groups is 1. The fourth-order valence-corrected chi connectivity index (χ4v) is 5.85. The van der Waals surface area contributed by atoms with E-state index in [1.807, 2.05) is 31.5 Å². The van der Waals surface area contributed by atoms with E-state index in [2.05, 4.69) is 26.1 Å². The molecular formula is C24H30N4O3S. The van der Waals surface area contributed by atoms with Crippen LogP contribution in [0.1, 0.15) is 80.3 Å². The van der Waals surface area contributed by atoms with Crippen LogP contribution in [0.5, 0.6) is 0 Å². The van der Waals surface area contributed by atoms with Crippen molar-refractivity contribution >= 4 is 26.8 Å². The predicted molar refractivity (Wildman–Crippen MR) is 125 cm³/mol. The lowest BCUT2D eigenvalue weighted by Crippen LogP contribution is -2.34. The number of hydrogen-bond acceptors (Lipinski definition) is 5. The van der Waals surface area contributed by atoms with Crippen molar-refractivity contribution in [2.45, 2.75) is 70.4 Å². The van der Waals surface area contributed by atoms with Gasteiger partial charge in [0.15, 0.2) is 15.5 Å². The Morgan fingerprint density at radius 2 is 1.91 bits per heavy atom. The molecule has 2 aromatic heterocycles. The molecule has 0 bridgehead atoms. The molecule has 0 saturated carbocycles. The van der Waals surface area contributed by atoms with Gasteiger partial charge in [0.2, 0.25) is 0 Å². The lowest BCUT2D eigenvalue weighted by molar-refractivity contribution is 0.0936. The molecule has 1 aromatic carbocycles. The number of hydrogen-bond donors (Lipinski definition) is 1. The van der Waals surface area contributed by atoms with Crippen LogP contribution in [0.4, 0.5) is 0 Å². The van der Waals surface area contributed by atoms with E-state index in [9.17, 15) is 13.2 Å². The predicted octanol–water partition coefficient (Wildman–Crippen LogP) is 4.27. The zero-order valence-corrected chi connectivity index (χ0v) is 20.2. The van der Waals surface area contributed by atoms with Gasteiger partial charge >= 0.3 is 0 Å². The van der Waals surface area contributed by atoms with Gasteiger partial charge in [-0.05, 0) is 57.7 Å². The highest BCUT2D eigenvalue weighted by Gasteiger charge is 2.32. The number of fused-ring (bicyclic) bond motifs is 2. The summed E-state index contributed by atoms with van der Waals surface area (Å²) in [6.07, 6.45) is 0.344. The van der Waals surface area contributed by atoms with Crippen molar-refractivity contribution < 1.29 is 13.2 Å². The van der Waals surface area contributed by atoms with E-state index in [1.165, 1.54) is 0 Å². The summed E-state index contributed by atoms with van der Waals surface area (Å²) in [6, 6.07) is 8.38. The Labute approximate surface area is 189 Å². The van der Waals surface area contributed by atoms with Crippen molar-refractivity contribution in [1.29, 1.82) is 0 Å². The summed E-state index contributed by atoms with van der Waals surface area (Å²) in [4.78, 5) is 18.7. The molecule has 1 aliphatic rings. The Hall–Kier alpha value is -2.74. The van der Waals surface area contributed by atoms with Gasteiger partial charge in [-0.2, -0.15) is 5.10 Å². The molecule has 1 atom stereocenters. The van der Waals surface area contributed by atoms with Gasteiger partial charge in [0.25, 0.3) is 5.91 Å². The summed E-state index contributed by atoms with van der Waals surface area (Å²) in [7, 11) is -3.32. The van der Waals surface area contributed by atoms with Gasteiger partial charge in [0.1, 0.15) is 0 Å². The van der Waals surface area contributed by atoms with Crippen LogP contribution in [-0.2, 0) is 15.4 Å². The third-order valence-electron chi connectivity index (χ3n) is 5.91. The average Bonchev–Trinajstić information content (AvgIpc) is 3.07. The van der Waals surface area contributed by atoms with Crippen LogP contribution in [0, 0.1) is 6.92 Å². The van der Waals surface area contributed by atoms with Crippen molar-refractivity contribution in [2.75, 3.05) is 5.75 Å². The number of nitrogens with one attached hydrogen (secondary N) is 1. The normalized spacial score (nSPS) is 18.0. The number of pyridine rings is 1.